The van der Waals surface area contributed by atoms with Crippen molar-refractivity contribution in [2.75, 3.05) is 31.8 Å². The predicted octanol–water partition coefficient (Wildman–Crippen LogP) is 3.69. The highest BCUT2D eigenvalue weighted by atomic mass is 16.5. The number of pyridine rings is 1. The fraction of sp³-hybridized carbons (Fsp3) is 0.423. The van der Waals surface area contributed by atoms with Crippen LogP contribution in [0.15, 0.2) is 42.7 Å². The minimum atomic E-state index is -0.299. The summed E-state index contributed by atoms with van der Waals surface area (Å²) in [5, 5.41) is 16.5. The summed E-state index contributed by atoms with van der Waals surface area (Å²) in [5.41, 5.74) is 3.77. The molecule has 1 saturated carbocycles. The Morgan fingerprint density at radius 3 is 2.69 bits per heavy atom. The summed E-state index contributed by atoms with van der Waals surface area (Å²) in [6, 6.07) is 10.2. The van der Waals surface area contributed by atoms with Gasteiger partial charge in [-0.05, 0) is 69.6 Å². The monoisotopic (exact) mass is 476 g/mol. The Hall–Kier alpha value is -3.43. The highest BCUT2D eigenvalue weighted by molar-refractivity contribution is 5.62. The number of benzene rings is 1. The average Bonchev–Trinajstić information content (AvgIpc) is 2.81. The lowest BCUT2D eigenvalue weighted by Gasteiger charge is -2.39. The molecule has 0 radical (unpaired) electrons. The largest absolute Gasteiger partial charge is 0.493 e. The maximum atomic E-state index is 9.96. The molecule has 2 aromatic heterocycles. The molecule has 0 bridgehead atoms. The molecule has 0 saturated heterocycles. The summed E-state index contributed by atoms with van der Waals surface area (Å²) in [6.07, 6.45) is 7.65. The molecule has 1 aromatic carbocycles. The first kappa shape index (κ1) is 23.3. The van der Waals surface area contributed by atoms with Gasteiger partial charge in [0, 0.05) is 36.1 Å². The molecule has 0 amide bonds. The SMILES string of the molecule is COc1cc(Nc2nccc(Nc3cnc4c(c3)CC(O)CC4)n2)ccc1OC1CC(N(C)C)C1. The molecule has 1 atom stereocenters. The number of hydrogen-bond acceptors (Lipinski definition) is 9. The van der Waals surface area contributed by atoms with Gasteiger partial charge in [0.2, 0.25) is 5.95 Å². The molecule has 2 aliphatic carbocycles. The topological polar surface area (TPSA) is 105 Å². The van der Waals surface area contributed by atoms with Crippen molar-refractivity contribution >= 4 is 23.1 Å². The van der Waals surface area contributed by atoms with Crippen molar-refractivity contribution < 1.29 is 14.6 Å². The number of aryl methyl sites for hydroxylation is 1. The third kappa shape index (κ3) is 5.47. The summed E-state index contributed by atoms with van der Waals surface area (Å²) in [6.45, 7) is 0. The third-order valence-electron chi connectivity index (χ3n) is 6.67. The molecule has 3 N–H and O–H groups in total. The number of anilines is 4. The van der Waals surface area contributed by atoms with Crippen LogP contribution in [0.5, 0.6) is 11.5 Å². The second kappa shape index (κ2) is 10.1. The van der Waals surface area contributed by atoms with Gasteiger partial charge in [-0.25, -0.2) is 4.98 Å². The minimum absolute atomic E-state index is 0.211. The number of ether oxygens (including phenoxy) is 2. The van der Waals surface area contributed by atoms with Crippen LogP contribution in [0.1, 0.15) is 30.5 Å². The van der Waals surface area contributed by atoms with Crippen LogP contribution in [0.25, 0.3) is 0 Å². The number of fused-ring (bicyclic) bond motifs is 1. The molecule has 2 heterocycles. The number of methoxy groups -OCH3 is 1. The molecule has 2 aliphatic rings. The number of nitrogens with one attached hydrogen (secondary N) is 2. The van der Waals surface area contributed by atoms with Gasteiger partial charge >= 0.3 is 0 Å². The molecule has 0 aliphatic heterocycles. The second-order valence-electron chi connectivity index (χ2n) is 9.44. The highest BCUT2D eigenvalue weighted by Crippen LogP contribution is 2.36. The van der Waals surface area contributed by atoms with Gasteiger partial charge in [0.05, 0.1) is 25.1 Å². The molecule has 5 rings (SSSR count). The van der Waals surface area contributed by atoms with Crippen LogP contribution in [0.4, 0.5) is 23.1 Å². The second-order valence-corrected chi connectivity index (χ2v) is 9.44. The van der Waals surface area contributed by atoms with E-state index in [1.165, 1.54) is 0 Å². The van der Waals surface area contributed by atoms with Crippen molar-refractivity contribution in [1.82, 2.24) is 19.9 Å². The lowest BCUT2D eigenvalue weighted by atomic mass is 9.88. The Morgan fingerprint density at radius 2 is 1.89 bits per heavy atom. The maximum absolute atomic E-state index is 9.96. The van der Waals surface area contributed by atoms with Crippen molar-refractivity contribution in [1.29, 1.82) is 0 Å². The molecule has 1 fully saturated rings. The van der Waals surface area contributed by atoms with E-state index in [2.05, 4.69) is 44.6 Å². The third-order valence-corrected chi connectivity index (χ3v) is 6.67. The molecule has 3 aromatic rings. The van der Waals surface area contributed by atoms with Crippen LogP contribution in [-0.2, 0) is 12.8 Å². The summed E-state index contributed by atoms with van der Waals surface area (Å²) in [5.74, 6) is 2.51. The van der Waals surface area contributed by atoms with Crippen LogP contribution in [0.3, 0.4) is 0 Å². The zero-order chi connectivity index (χ0) is 24.4. The zero-order valence-electron chi connectivity index (χ0n) is 20.4. The van der Waals surface area contributed by atoms with E-state index >= 15 is 0 Å². The van der Waals surface area contributed by atoms with E-state index in [-0.39, 0.29) is 12.2 Å². The van der Waals surface area contributed by atoms with Crippen LogP contribution < -0.4 is 20.1 Å². The van der Waals surface area contributed by atoms with Gasteiger partial charge in [-0.1, -0.05) is 0 Å². The van der Waals surface area contributed by atoms with Crippen LogP contribution >= 0.6 is 0 Å². The van der Waals surface area contributed by atoms with E-state index in [0.717, 1.165) is 54.1 Å². The molecule has 184 valence electrons. The van der Waals surface area contributed by atoms with Crippen molar-refractivity contribution in [3.8, 4) is 11.5 Å². The quantitative estimate of drug-likeness (QED) is 0.449. The van der Waals surface area contributed by atoms with Gasteiger partial charge in [0.25, 0.3) is 0 Å². The first-order valence-electron chi connectivity index (χ1n) is 12.0. The fourth-order valence-corrected chi connectivity index (χ4v) is 4.51. The number of hydrogen-bond donors (Lipinski definition) is 3. The maximum Gasteiger partial charge on any atom is 0.229 e. The molecule has 9 heteroatoms. The Labute approximate surface area is 205 Å². The molecule has 0 spiro atoms. The summed E-state index contributed by atoms with van der Waals surface area (Å²) in [7, 11) is 5.84. The van der Waals surface area contributed by atoms with Gasteiger partial charge in [0.1, 0.15) is 11.9 Å². The molecular formula is C26H32N6O3. The Bertz CT molecular complexity index is 1180. The molecular weight excluding hydrogens is 444 g/mol. The van der Waals surface area contributed by atoms with Crippen molar-refractivity contribution in [3.63, 3.8) is 0 Å². The van der Waals surface area contributed by atoms with E-state index < -0.39 is 0 Å². The number of aliphatic hydroxyl groups is 1. The van der Waals surface area contributed by atoms with Gasteiger partial charge < -0.3 is 30.1 Å². The zero-order valence-corrected chi connectivity index (χ0v) is 20.4. The van der Waals surface area contributed by atoms with Gasteiger partial charge in [-0.2, -0.15) is 4.98 Å². The van der Waals surface area contributed by atoms with E-state index in [4.69, 9.17) is 9.47 Å². The molecule has 9 nitrogen and oxygen atoms in total. The number of rotatable bonds is 8. The molecule has 35 heavy (non-hydrogen) atoms. The smallest absolute Gasteiger partial charge is 0.229 e. The van der Waals surface area contributed by atoms with Gasteiger partial charge in [-0.15, -0.1) is 0 Å². The summed E-state index contributed by atoms with van der Waals surface area (Å²) in [4.78, 5) is 15.7. The summed E-state index contributed by atoms with van der Waals surface area (Å²) >= 11 is 0. The van der Waals surface area contributed by atoms with Crippen molar-refractivity contribution in [3.05, 3.63) is 54.0 Å². The summed E-state index contributed by atoms with van der Waals surface area (Å²) < 4.78 is 11.7. The van der Waals surface area contributed by atoms with Gasteiger partial charge in [0.15, 0.2) is 11.5 Å². The van der Waals surface area contributed by atoms with Crippen molar-refractivity contribution in [2.45, 2.75) is 50.4 Å². The number of aliphatic hydroxyl groups excluding tert-OH is 1. The average molecular weight is 477 g/mol. The molecule has 1 unspecified atom stereocenters. The first-order chi connectivity index (χ1) is 17.0. The fourth-order valence-electron chi connectivity index (χ4n) is 4.51. The van der Waals surface area contributed by atoms with Crippen LogP contribution in [-0.4, -0.2) is 64.4 Å². The highest BCUT2D eigenvalue weighted by Gasteiger charge is 2.32. The standard InChI is InChI=1S/C26H32N6O3/c1-32(2)19-13-21(14-19)35-23-7-4-17(12-24(23)34-3)30-26-27-9-8-25(31-26)29-18-10-16-11-20(33)5-6-22(16)28-15-18/h4,7-10,12,15,19-21,33H,5-6,11,13-14H2,1-3H3,(H2,27,29,30,31). The normalized spacial score (nSPS) is 21.1. The predicted molar refractivity (Wildman–Crippen MR) is 135 cm³/mol. The lowest BCUT2D eigenvalue weighted by molar-refractivity contribution is 0.0383. The van der Waals surface area contributed by atoms with E-state index in [9.17, 15) is 5.11 Å². The van der Waals surface area contributed by atoms with Gasteiger partial charge in [-0.3, -0.25) is 4.98 Å². The first-order valence-corrected chi connectivity index (χ1v) is 12.0. The van der Waals surface area contributed by atoms with Crippen LogP contribution in [0.2, 0.25) is 0 Å². The van der Waals surface area contributed by atoms with Crippen LogP contribution in [0, 0.1) is 0 Å². The van der Waals surface area contributed by atoms with Crippen molar-refractivity contribution in [2.24, 2.45) is 0 Å². The minimum Gasteiger partial charge on any atom is -0.493 e. The number of nitrogens with zero attached hydrogens (tertiary/aromatic N) is 4. The Morgan fingerprint density at radius 1 is 1.03 bits per heavy atom. The Balaban J connectivity index is 1.24. The van der Waals surface area contributed by atoms with E-state index in [0.29, 0.717) is 30.0 Å². The van der Waals surface area contributed by atoms with E-state index in [1.807, 2.05) is 24.3 Å². The Kier molecular flexibility index (Phi) is 6.70. The van der Waals surface area contributed by atoms with E-state index in [1.54, 1.807) is 25.6 Å². The number of aromatic nitrogens is 3. The lowest BCUT2D eigenvalue weighted by Crippen LogP contribution is -2.46.